The molecule has 2 unspecified atom stereocenters. The van der Waals surface area contributed by atoms with E-state index in [9.17, 15) is 8.42 Å². The summed E-state index contributed by atoms with van der Waals surface area (Å²) in [4.78, 5) is 0. The molecule has 6 heteroatoms. The predicted octanol–water partition coefficient (Wildman–Crippen LogP) is 0.895. The molecule has 5 nitrogen and oxygen atoms in total. The van der Waals surface area contributed by atoms with Crippen molar-refractivity contribution in [3.63, 3.8) is 0 Å². The SMILES string of the molecule is CCCNC(c1ccn(C)n1)C1CCS(=O)(=O)C1. The van der Waals surface area contributed by atoms with E-state index in [-0.39, 0.29) is 17.7 Å². The van der Waals surface area contributed by atoms with Gasteiger partial charge in [-0.15, -0.1) is 0 Å². The Hall–Kier alpha value is -0.880. The summed E-state index contributed by atoms with van der Waals surface area (Å²) < 4.78 is 25.0. The maximum absolute atomic E-state index is 11.6. The largest absolute Gasteiger partial charge is 0.308 e. The van der Waals surface area contributed by atoms with Crippen molar-refractivity contribution < 1.29 is 8.42 Å². The number of rotatable bonds is 5. The van der Waals surface area contributed by atoms with Crippen LogP contribution in [-0.2, 0) is 16.9 Å². The molecule has 0 amide bonds. The van der Waals surface area contributed by atoms with Crippen LogP contribution < -0.4 is 5.32 Å². The van der Waals surface area contributed by atoms with Gasteiger partial charge in [0.1, 0.15) is 0 Å². The summed E-state index contributed by atoms with van der Waals surface area (Å²) in [5, 5.41) is 7.85. The van der Waals surface area contributed by atoms with E-state index in [1.807, 2.05) is 19.3 Å². The molecule has 0 radical (unpaired) electrons. The molecule has 1 N–H and O–H groups in total. The molecule has 2 atom stereocenters. The van der Waals surface area contributed by atoms with E-state index in [0.29, 0.717) is 5.75 Å². The highest BCUT2D eigenvalue weighted by atomic mass is 32.2. The highest BCUT2D eigenvalue weighted by Gasteiger charge is 2.35. The molecular weight excluding hydrogens is 250 g/mol. The van der Waals surface area contributed by atoms with Crippen LogP contribution in [0.5, 0.6) is 0 Å². The fourth-order valence-corrected chi connectivity index (χ4v) is 4.34. The second-order valence-corrected chi connectivity index (χ2v) is 7.24. The highest BCUT2D eigenvalue weighted by Crippen LogP contribution is 2.30. The van der Waals surface area contributed by atoms with Gasteiger partial charge >= 0.3 is 0 Å². The molecule has 1 saturated heterocycles. The molecule has 0 bridgehead atoms. The van der Waals surface area contributed by atoms with Gasteiger partial charge in [0.05, 0.1) is 23.2 Å². The average Bonchev–Trinajstić information content (AvgIpc) is 2.86. The van der Waals surface area contributed by atoms with Crippen LogP contribution in [0.1, 0.15) is 31.5 Å². The number of nitrogens with one attached hydrogen (secondary N) is 1. The summed E-state index contributed by atoms with van der Waals surface area (Å²) in [6.07, 6.45) is 3.67. The Morgan fingerprint density at radius 2 is 2.39 bits per heavy atom. The smallest absolute Gasteiger partial charge is 0.150 e. The molecule has 1 aliphatic rings. The van der Waals surface area contributed by atoms with Gasteiger partial charge in [0, 0.05) is 13.2 Å². The quantitative estimate of drug-likeness (QED) is 0.864. The molecule has 0 spiro atoms. The molecule has 0 aromatic carbocycles. The normalized spacial score (nSPS) is 24.2. The lowest BCUT2D eigenvalue weighted by Crippen LogP contribution is -2.30. The number of hydrogen-bond acceptors (Lipinski definition) is 4. The van der Waals surface area contributed by atoms with Crippen molar-refractivity contribution in [2.24, 2.45) is 13.0 Å². The average molecular weight is 271 g/mol. The molecule has 1 fully saturated rings. The third kappa shape index (κ3) is 3.11. The lowest BCUT2D eigenvalue weighted by molar-refractivity contribution is 0.382. The zero-order chi connectivity index (χ0) is 13.2. The van der Waals surface area contributed by atoms with Crippen LogP contribution in [0.4, 0.5) is 0 Å². The number of aryl methyl sites for hydroxylation is 1. The van der Waals surface area contributed by atoms with E-state index in [1.165, 1.54) is 0 Å². The van der Waals surface area contributed by atoms with Crippen molar-refractivity contribution in [2.45, 2.75) is 25.8 Å². The third-order valence-electron chi connectivity index (χ3n) is 3.41. The van der Waals surface area contributed by atoms with Gasteiger partial charge in [-0.05, 0) is 31.4 Å². The topological polar surface area (TPSA) is 64.0 Å². The zero-order valence-electron chi connectivity index (χ0n) is 11.0. The Morgan fingerprint density at radius 3 is 2.89 bits per heavy atom. The maximum atomic E-state index is 11.6. The van der Waals surface area contributed by atoms with Crippen molar-refractivity contribution in [3.8, 4) is 0 Å². The molecule has 2 rings (SSSR count). The van der Waals surface area contributed by atoms with Crippen LogP contribution in [0.3, 0.4) is 0 Å². The highest BCUT2D eigenvalue weighted by molar-refractivity contribution is 7.91. The number of nitrogens with zero attached hydrogens (tertiary/aromatic N) is 2. The Balaban J connectivity index is 2.15. The number of hydrogen-bond donors (Lipinski definition) is 1. The first-order chi connectivity index (χ1) is 8.52. The molecular formula is C12H21N3O2S. The van der Waals surface area contributed by atoms with Crippen LogP contribution >= 0.6 is 0 Å². The Bertz CT molecular complexity index is 495. The van der Waals surface area contributed by atoms with Crippen LogP contribution in [0.25, 0.3) is 0 Å². The molecule has 1 aromatic heterocycles. The molecule has 0 saturated carbocycles. The summed E-state index contributed by atoms with van der Waals surface area (Å²) in [5.41, 5.74) is 0.952. The first kappa shape index (κ1) is 13.5. The predicted molar refractivity (Wildman–Crippen MR) is 71.0 cm³/mol. The maximum Gasteiger partial charge on any atom is 0.150 e. The Kier molecular flexibility index (Phi) is 4.07. The van der Waals surface area contributed by atoms with E-state index in [0.717, 1.165) is 25.1 Å². The van der Waals surface area contributed by atoms with Crippen LogP contribution in [0.15, 0.2) is 12.3 Å². The second kappa shape index (κ2) is 5.40. The molecule has 0 aliphatic carbocycles. The van der Waals surface area contributed by atoms with Gasteiger partial charge in [0.15, 0.2) is 9.84 Å². The van der Waals surface area contributed by atoms with Gasteiger partial charge in [0.2, 0.25) is 0 Å². The van der Waals surface area contributed by atoms with Crippen molar-refractivity contribution in [2.75, 3.05) is 18.1 Å². The van der Waals surface area contributed by atoms with Gasteiger partial charge in [0.25, 0.3) is 0 Å². The zero-order valence-corrected chi connectivity index (χ0v) is 11.8. The lowest BCUT2D eigenvalue weighted by atomic mass is 9.96. The van der Waals surface area contributed by atoms with Crippen molar-refractivity contribution >= 4 is 9.84 Å². The van der Waals surface area contributed by atoms with E-state index < -0.39 is 9.84 Å². The summed E-state index contributed by atoms with van der Waals surface area (Å²) in [7, 11) is -0.961. The third-order valence-corrected chi connectivity index (χ3v) is 5.20. The summed E-state index contributed by atoms with van der Waals surface area (Å²) in [5.74, 6) is 0.746. The lowest BCUT2D eigenvalue weighted by Gasteiger charge is -2.22. The van der Waals surface area contributed by atoms with E-state index in [1.54, 1.807) is 4.68 Å². The van der Waals surface area contributed by atoms with Crippen molar-refractivity contribution in [1.29, 1.82) is 0 Å². The molecule has 1 aromatic rings. The molecule has 102 valence electrons. The van der Waals surface area contributed by atoms with E-state index in [2.05, 4.69) is 17.3 Å². The minimum absolute atomic E-state index is 0.0587. The fourth-order valence-electron chi connectivity index (χ4n) is 2.50. The first-order valence-corrected chi connectivity index (χ1v) is 8.27. The van der Waals surface area contributed by atoms with E-state index in [4.69, 9.17) is 0 Å². The molecule has 1 aliphatic heterocycles. The van der Waals surface area contributed by atoms with Gasteiger partial charge in [-0.25, -0.2) is 8.42 Å². The van der Waals surface area contributed by atoms with Gasteiger partial charge in [-0.3, -0.25) is 4.68 Å². The summed E-state index contributed by atoms with van der Waals surface area (Å²) in [6, 6.07) is 2.03. The van der Waals surface area contributed by atoms with Gasteiger partial charge in [-0.2, -0.15) is 5.10 Å². The minimum atomic E-state index is -2.84. The van der Waals surface area contributed by atoms with Crippen LogP contribution in [0.2, 0.25) is 0 Å². The van der Waals surface area contributed by atoms with Gasteiger partial charge < -0.3 is 5.32 Å². The number of sulfone groups is 1. The minimum Gasteiger partial charge on any atom is -0.308 e. The fraction of sp³-hybridized carbons (Fsp3) is 0.750. The monoisotopic (exact) mass is 271 g/mol. The Labute approximate surface area is 108 Å². The summed E-state index contributed by atoms with van der Waals surface area (Å²) >= 11 is 0. The standard InChI is InChI=1S/C12H21N3O2S/c1-3-6-13-12(11-4-7-15(2)14-11)10-5-8-18(16,17)9-10/h4,7,10,12-13H,3,5-6,8-9H2,1-2H3. The van der Waals surface area contributed by atoms with Crippen molar-refractivity contribution in [3.05, 3.63) is 18.0 Å². The molecule has 18 heavy (non-hydrogen) atoms. The van der Waals surface area contributed by atoms with E-state index >= 15 is 0 Å². The summed E-state index contributed by atoms with van der Waals surface area (Å²) in [6.45, 7) is 2.99. The first-order valence-electron chi connectivity index (χ1n) is 6.45. The van der Waals surface area contributed by atoms with Crippen molar-refractivity contribution in [1.82, 2.24) is 15.1 Å². The molecule has 2 heterocycles. The van der Waals surface area contributed by atoms with Crippen LogP contribution in [0, 0.1) is 5.92 Å². The Morgan fingerprint density at radius 1 is 1.61 bits per heavy atom. The van der Waals surface area contributed by atoms with Crippen LogP contribution in [-0.4, -0.2) is 36.2 Å². The number of aromatic nitrogens is 2. The second-order valence-electron chi connectivity index (χ2n) is 5.01. The van der Waals surface area contributed by atoms with Gasteiger partial charge in [-0.1, -0.05) is 6.92 Å².